The molecular formula is C42H42N6O6S3. The molecule has 15 heteroatoms. The molecule has 1 aliphatic rings. The Morgan fingerprint density at radius 1 is 0.333 bits per heavy atom. The maximum atomic E-state index is 14.3. The Hall–Kier alpha value is -5.16. The van der Waals surface area contributed by atoms with Crippen LogP contribution in [0.5, 0.6) is 0 Å². The summed E-state index contributed by atoms with van der Waals surface area (Å²) in [5.74, 6) is 0. The molecule has 12 nitrogen and oxygen atoms in total. The van der Waals surface area contributed by atoms with Crippen molar-refractivity contribution >= 4 is 30.1 Å². The molecule has 0 saturated heterocycles. The Balaban J connectivity index is 1.37. The smallest absolute Gasteiger partial charge is 0.243 e. The first-order valence-electron chi connectivity index (χ1n) is 18.2. The quantitative estimate of drug-likeness (QED) is 0.189. The van der Waals surface area contributed by atoms with Gasteiger partial charge in [-0.25, -0.2) is 25.3 Å². The number of pyridine rings is 3. The Labute approximate surface area is 334 Å². The summed E-state index contributed by atoms with van der Waals surface area (Å²) >= 11 is 0. The summed E-state index contributed by atoms with van der Waals surface area (Å²) in [6.45, 7) is 4.68. The molecule has 6 aromatic rings. The SMILES string of the molecule is Cc1ccc(S(=O)(=O)N2Cc3cccc(n3)CN(S(=O)(=O)c3ccc(C)cc3)Cc3cccc(n3)CN(S(=O)(=O)c3ccc(C)cc3)Cc3cccc(n3)C2)cc1. The van der Waals surface area contributed by atoms with E-state index < -0.39 is 30.1 Å². The van der Waals surface area contributed by atoms with Gasteiger partial charge in [-0.15, -0.1) is 0 Å². The first kappa shape index (κ1) is 40.1. The van der Waals surface area contributed by atoms with Crippen LogP contribution >= 0.6 is 0 Å². The van der Waals surface area contributed by atoms with Crippen molar-refractivity contribution in [2.24, 2.45) is 0 Å². The van der Waals surface area contributed by atoms with Crippen molar-refractivity contribution in [1.29, 1.82) is 0 Å². The standard InChI is InChI=1S/C42H42N6O6S3/c1-31-13-19-40(20-14-31)55(49,50)46-25-34-7-4-9-36(43-34)27-47(56(51,52)41-21-15-32(2)16-22-41)29-38-11-6-12-39(45-38)30-48(28-37-10-5-8-35(26-46)44-37)57(53,54)42-23-17-33(3)18-24-42/h4-24H,25-30H2,1-3H3. The van der Waals surface area contributed by atoms with Crippen molar-refractivity contribution in [3.8, 4) is 0 Å². The summed E-state index contributed by atoms with van der Waals surface area (Å²) in [4.78, 5) is 14.6. The summed E-state index contributed by atoms with van der Waals surface area (Å²) in [6, 6.07) is 35.0. The third-order valence-electron chi connectivity index (χ3n) is 9.60. The summed E-state index contributed by atoms with van der Waals surface area (Å²) in [6.07, 6.45) is 0. The van der Waals surface area contributed by atoms with E-state index in [2.05, 4.69) is 0 Å². The van der Waals surface area contributed by atoms with Gasteiger partial charge in [0.25, 0.3) is 0 Å². The number of hydrogen-bond donors (Lipinski definition) is 0. The highest BCUT2D eigenvalue weighted by molar-refractivity contribution is 7.89. The molecule has 3 aromatic carbocycles. The third-order valence-corrected chi connectivity index (χ3v) is 15.0. The lowest BCUT2D eigenvalue weighted by atomic mass is 10.2. The molecule has 1 aliphatic heterocycles. The van der Waals surface area contributed by atoms with E-state index in [-0.39, 0.29) is 54.0 Å². The predicted octanol–water partition coefficient (Wildman–Crippen LogP) is 6.28. The van der Waals surface area contributed by atoms with Crippen molar-refractivity contribution in [3.63, 3.8) is 0 Å². The van der Waals surface area contributed by atoms with E-state index >= 15 is 0 Å². The van der Waals surface area contributed by atoms with Crippen LogP contribution in [0.3, 0.4) is 0 Å². The maximum absolute atomic E-state index is 14.3. The fourth-order valence-electron chi connectivity index (χ4n) is 6.46. The number of aryl methyl sites for hydroxylation is 3. The number of hydrogen-bond acceptors (Lipinski definition) is 9. The van der Waals surface area contributed by atoms with Crippen LogP contribution in [0.1, 0.15) is 50.9 Å². The van der Waals surface area contributed by atoms with Crippen LogP contribution in [0.15, 0.2) is 142 Å². The highest BCUT2D eigenvalue weighted by Gasteiger charge is 2.30. The van der Waals surface area contributed by atoms with Gasteiger partial charge in [0.2, 0.25) is 30.1 Å². The predicted molar refractivity (Wildman–Crippen MR) is 216 cm³/mol. The van der Waals surface area contributed by atoms with Crippen LogP contribution in [0.4, 0.5) is 0 Å². The third kappa shape index (κ3) is 9.20. The van der Waals surface area contributed by atoms with Crippen LogP contribution in [-0.2, 0) is 69.3 Å². The fourth-order valence-corrected chi connectivity index (χ4v) is 10.6. The summed E-state index contributed by atoms with van der Waals surface area (Å²) in [5.41, 5.74) is 5.05. The van der Waals surface area contributed by atoms with Crippen LogP contribution in [0, 0.1) is 20.8 Å². The first-order valence-corrected chi connectivity index (χ1v) is 22.5. The van der Waals surface area contributed by atoms with Gasteiger partial charge >= 0.3 is 0 Å². The Morgan fingerprint density at radius 3 is 0.719 bits per heavy atom. The maximum Gasteiger partial charge on any atom is 0.243 e. The second-order valence-corrected chi connectivity index (χ2v) is 19.9. The van der Waals surface area contributed by atoms with E-state index in [0.29, 0.717) is 34.2 Å². The van der Waals surface area contributed by atoms with Gasteiger partial charge < -0.3 is 0 Å². The van der Waals surface area contributed by atoms with Gasteiger partial charge in [-0.1, -0.05) is 71.3 Å². The molecule has 0 amide bonds. The van der Waals surface area contributed by atoms with Gasteiger partial charge in [0.1, 0.15) is 0 Å². The van der Waals surface area contributed by atoms with E-state index in [4.69, 9.17) is 15.0 Å². The van der Waals surface area contributed by atoms with Gasteiger partial charge in [-0.2, -0.15) is 12.9 Å². The monoisotopic (exact) mass is 822 g/mol. The molecule has 0 aliphatic carbocycles. The number of rotatable bonds is 6. The molecule has 0 spiro atoms. The average molecular weight is 823 g/mol. The Morgan fingerprint density at radius 2 is 0.526 bits per heavy atom. The van der Waals surface area contributed by atoms with Gasteiger partial charge in [-0.3, -0.25) is 15.0 Å². The van der Waals surface area contributed by atoms with Crippen molar-refractivity contribution in [3.05, 3.63) is 178 Å². The molecule has 0 fully saturated rings. The summed E-state index contributed by atoms with van der Waals surface area (Å²) in [7, 11) is -12.3. The number of aromatic nitrogens is 3. The molecule has 0 atom stereocenters. The number of benzene rings is 3. The lowest BCUT2D eigenvalue weighted by molar-refractivity contribution is 0.375. The van der Waals surface area contributed by atoms with E-state index in [9.17, 15) is 25.3 Å². The minimum atomic E-state index is -4.12. The lowest BCUT2D eigenvalue weighted by Crippen LogP contribution is -2.33. The molecule has 6 bridgehead atoms. The molecule has 7 rings (SSSR count). The van der Waals surface area contributed by atoms with Crippen molar-refractivity contribution < 1.29 is 25.3 Å². The van der Waals surface area contributed by atoms with Crippen molar-refractivity contribution in [1.82, 2.24) is 27.9 Å². The van der Waals surface area contributed by atoms with Crippen LogP contribution in [0.2, 0.25) is 0 Å². The zero-order valence-electron chi connectivity index (χ0n) is 31.7. The van der Waals surface area contributed by atoms with Gasteiger partial charge in [0.05, 0.1) is 88.1 Å². The zero-order valence-corrected chi connectivity index (χ0v) is 34.2. The molecule has 294 valence electrons. The van der Waals surface area contributed by atoms with Gasteiger partial charge in [0, 0.05) is 0 Å². The molecule has 4 heterocycles. The van der Waals surface area contributed by atoms with E-state index in [1.807, 2.05) is 20.8 Å². The normalized spacial score (nSPS) is 15.4. The minimum absolute atomic E-state index is 0.0851. The van der Waals surface area contributed by atoms with E-state index in [1.165, 1.54) is 12.9 Å². The zero-order chi connectivity index (χ0) is 40.4. The van der Waals surface area contributed by atoms with E-state index in [1.54, 1.807) is 127 Å². The second kappa shape index (κ2) is 16.4. The van der Waals surface area contributed by atoms with Crippen LogP contribution in [-0.4, -0.2) is 53.1 Å². The van der Waals surface area contributed by atoms with Crippen LogP contribution in [0.25, 0.3) is 0 Å². The number of sulfonamides is 3. The average Bonchev–Trinajstić information content (AvgIpc) is 3.18. The number of fused-ring (bicyclic) bond motifs is 6. The highest BCUT2D eigenvalue weighted by Crippen LogP contribution is 2.26. The number of nitrogens with zero attached hydrogens (tertiary/aromatic N) is 6. The largest absolute Gasteiger partial charge is 0.255 e. The summed E-state index contributed by atoms with van der Waals surface area (Å²) in [5, 5.41) is 0. The second-order valence-electron chi connectivity index (χ2n) is 14.1. The summed E-state index contributed by atoms with van der Waals surface area (Å²) < 4.78 is 89.8. The van der Waals surface area contributed by atoms with Crippen LogP contribution < -0.4 is 0 Å². The van der Waals surface area contributed by atoms with Crippen molar-refractivity contribution in [2.75, 3.05) is 0 Å². The lowest BCUT2D eigenvalue weighted by Gasteiger charge is -2.25. The Bertz CT molecular complexity index is 2360. The Kier molecular flexibility index (Phi) is 11.5. The van der Waals surface area contributed by atoms with E-state index in [0.717, 1.165) is 16.7 Å². The molecule has 0 unspecified atom stereocenters. The van der Waals surface area contributed by atoms with Gasteiger partial charge in [-0.05, 0) is 93.6 Å². The molecule has 0 saturated carbocycles. The topological polar surface area (TPSA) is 151 Å². The van der Waals surface area contributed by atoms with Crippen molar-refractivity contribution in [2.45, 2.75) is 74.7 Å². The molecule has 0 radical (unpaired) electrons. The van der Waals surface area contributed by atoms with Gasteiger partial charge in [0.15, 0.2) is 0 Å². The first-order chi connectivity index (χ1) is 27.2. The molecular weight excluding hydrogens is 781 g/mol. The highest BCUT2D eigenvalue weighted by atomic mass is 32.2. The minimum Gasteiger partial charge on any atom is -0.255 e. The molecule has 0 N–H and O–H groups in total. The molecule has 57 heavy (non-hydrogen) atoms. The fraction of sp³-hybridized carbons (Fsp3) is 0.214. The molecule has 3 aromatic heterocycles.